The second-order valence-corrected chi connectivity index (χ2v) is 5.89. The van der Waals surface area contributed by atoms with E-state index in [0.717, 1.165) is 5.75 Å². The van der Waals surface area contributed by atoms with Crippen LogP contribution >= 0.6 is 11.8 Å². The molecule has 0 fully saturated rings. The predicted molar refractivity (Wildman–Crippen MR) is 68.1 cm³/mol. The monoisotopic (exact) mass is 232 g/mol. The third-order valence-corrected chi connectivity index (χ3v) is 3.45. The lowest BCUT2D eigenvalue weighted by molar-refractivity contribution is -0.121. The minimum Gasteiger partial charge on any atom is -0.349 e. The predicted octanol–water partition coefficient (Wildman–Crippen LogP) is 1.76. The lowest BCUT2D eigenvalue weighted by Crippen LogP contribution is -2.51. The van der Waals surface area contributed by atoms with Crippen LogP contribution in [0.4, 0.5) is 0 Å². The van der Waals surface area contributed by atoms with Gasteiger partial charge in [0.1, 0.15) is 0 Å². The zero-order valence-corrected chi connectivity index (χ0v) is 11.1. The van der Waals surface area contributed by atoms with Gasteiger partial charge in [0.15, 0.2) is 0 Å². The number of nitrogens with two attached hydrogens (primary N) is 1. The SMILES string of the molecule is CCCCSC(C)C(=O)NC(C)(C)CN. The Kier molecular flexibility index (Phi) is 7.02. The summed E-state index contributed by atoms with van der Waals surface area (Å²) in [6.07, 6.45) is 2.35. The summed E-state index contributed by atoms with van der Waals surface area (Å²) in [7, 11) is 0. The summed E-state index contributed by atoms with van der Waals surface area (Å²) in [5, 5.41) is 2.96. The van der Waals surface area contributed by atoms with E-state index in [4.69, 9.17) is 5.73 Å². The Hall–Kier alpha value is -0.220. The summed E-state index contributed by atoms with van der Waals surface area (Å²) >= 11 is 1.71. The molecule has 0 aliphatic carbocycles. The Morgan fingerprint density at radius 2 is 2.13 bits per heavy atom. The zero-order chi connectivity index (χ0) is 11.9. The van der Waals surface area contributed by atoms with Crippen molar-refractivity contribution in [2.45, 2.75) is 51.3 Å². The molecule has 0 aliphatic rings. The van der Waals surface area contributed by atoms with Crippen molar-refractivity contribution < 1.29 is 4.79 Å². The summed E-state index contributed by atoms with van der Waals surface area (Å²) in [6, 6.07) is 0. The second kappa shape index (κ2) is 7.12. The first kappa shape index (κ1) is 14.8. The van der Waals surface area contributed by atoms with E-state index in [1.54, 1.807) is 11.8 Å². The molecule has 0 bridgehead atoms. The number of thioether (sulfide) groups is 1. The number of amides is 1. The van der Waals surface area contributed by atoms with Crippen molar-refractivity contribution in [1.29, 1.82) is 0 Å². The van der Waals surface area contributed by atoms with E-state index in [0.29, 0.717) is 6.54 Å². The van der Waals surface area contributed by atoms with E-state index in [1.807, 2.05) is 20.8 Å². The Morgan fingerprint density at radius 3 is 2.60 bits per heavy atom. The zero-order valence-electron chi connectivity index (χ0n) is 10.3. The highest BCUT2D eigenvalue weighted by molar-refractivity contribution is 8.00. The van der Waals surface area contributed by atoms with Crippen LogP contribution < -0.4 is 11.1 Å². The Morgan fingerprint density at radius 1 is 1.53 bits per heavy atom. The lowest BCUT2D eigenvalue weighted by atomic mass is 10.1. The Labute approximate surface area is 97.6 Å². The Bertz CT molecular complexity index is 195. The van der Waals surface area contributed by atoms with Crippen LogP contribution in [0, 0.1) is 0 Å². The van der Waals surface area contributed by atoms with Crippen LogP contribution in [0.3, 0.4) is 0 Å². The van der Waals surface area contributed by atoms with Crippen LogP contribution in [-0.4, -0.2) is 29.0 Å². The molecule has 90 valence electrons. The molecular weight excluding hydrogens is 208 g/mol. The molecule has 0 aromatic rings. The van der Waals surface area contributed by atoms with Crippen molar-refractivity contribution in [2.24, 2.45) is 5.73 Å². The topological polar surface area (TPSA) is 55.1 Å². The maximum Gasteiger partial charge on any atom is 0.233 e. The van der Waals surface area contributed by atoms with Crippen molar-refractivity contribution in [3.63, 3.8) is 0 Å². The van der Waals surface area contributed by atoms with Gasteiger partial charge in [-0.3, -0.25) is 4.79 Å². The van der Waals surface area contributed by atoms with Crippen molar-refractivity contribution in [2.75, 3.05) is 12.3 Å². The molecule has 1 atom stereocenters. The van der Waals surface area contributed by atoms with Crippen molar-refractivity contribution in [3.05, 3.63) is 0 Å². The van der Waals surface area contributed by atoms with Gasteiger partial charge in [0.25, 0.3) is 0 Å². The minimum atomic E-state index is -0.295. The molecule has 3 nitrogen and oxygen atoms in total. The smallest absolute Gasteiger partial charge is 0.233 e. The first-order valence-electron chi connectivity index (χ1n) is 5.56. The highest BCUT2D eigenvalue weighted by atomic mass is 32.2. The molecule has 0 spiro atoms. The lowest BCUT2D eigenvalue weighted by Gasteiger charge is -2.26. The molecule has 0 saturated carbocycles. The van der Waals surface area contributed by atoms with Gasteiger partial charge in [-0.25, -0.2) is 0 Å². The van der Waals surface area contributed by atoms with Gasteiger partial charge in [0, 0.05) is 12.1 Å². The van der Waals surface area contributed by atoms with Gasteiger partial charge in [0.05, 0.1) is 5.25 Å². The quantitative estimate of drug-likeness (QED) is 0.658. The number of carbonyl (C=O) groups excluding carboxylic acids is 1. The number of carbonyl (C=O) groups is 1. The second-order valence-electron chi connectivity index (χ2n) is 4.44. The molecular formula is C11H24N2OS. The van der Waals surface area contributed by atoms with Crippen LogP contribution in [0.15, 0.2) is 0 Å². The largest absolute Gasteiger partial charge is 0.349 e. The maximum absolute atomic E-state index is 11.7. The van der Waals surface area contributed by atoms with Crippen LogP contribution in [0.2, 0.25) is 0 Å². The van der Waals surface area contributed by atoms with Gasteiger partial charge in [-0.05, 0) is 32.9 Å². The molecule has 0 aromatic heterocycles. The number of unbranched alkanes of at least 4 members (excludes halogenated alkanes) is 1. The van der Waals surface area contributed by atoms with Crippen LogP contribution in [0.25, 0.3) is 0 Å². The number of nitrogens with one attached hydrogen (secondary N) is 1. The summed E-state index contributed by atoms with van der Waals surface area (Å²) < 4.78 is 0. The molecule has 0 saturated heterocycles. The van der Waals surface area contributed by atoms with Crippen LogP contribution in [0.5, 0.6) is 0 Å². The number of rotatable bonds is 7. The van der Waals surface area contributed by atoms with E-state index in [2.05, 4.69) is 12.2 Å². The molecule has 4 heteroatoms. The average Bonchev–Trinajstić information content (AvgIpc) is 2.17. The first-order chi connectivity index (χ1) is 6.93. The molecule has 3 N–H and O–H groups in total. The molecule has 15 heavy (non-hydrogen) atoms. The van der Waals surface area contributed by atoms with Crippen molar-refractivity contribution in [3.8, 4) is 0 Å². The number of hydrogen-bond donors (Lipinski definition) is 2. The Balaban J connectivity index is 3.88. The van der Waals surface area contributed by atoms with E-state index >= 15 is 0 Å². The third kappa shape index (κ3) is 6.79. The maximum atomic E-state index is 11.7. The summed E-state index contributed by atoms with van der Waals surface area (Å²) in [4.78, 5) is 11.7. The molecule has 0 radical (unpaired) electrons. The van der Waals surface area contributed by atoms with E-state index in [-0.39, 0.29) is 16.7 Å². The van der Waals surface area contributed by atoms with Gasteiger partial charge in [-0.1, -0.05) is 13.3 Å². The van der Waals surface area contributed by atoms with E-state index in [9.17, 15) is 4.79 Å². The fourth-order valence-corrected chi connectivity index (χ4v) is 1.99. The normalized spacial score (nSPS) is 13.7. The van der Waals surface area contributed by atoms with Gasteiger partial charge < -0.3 is 11.1 Å². The number of hydrogen-bond acceptors (Lipinski definition) is 3. The summed E-state index contributed by atoms with van der Waals surface area (Å²) in [5.74, 6) is 1.14. The van der Waals surface area contributed by atoms with Crippen LogP contribution in [-0.2, 0) is 4.79 Å². The summed E-state index contributed by atoms with van der Waals surface area (Å²) in [5.41, 5.74) is 5.26. The highest BCUT2D eigenvalue weighted by Crippen LogP contribution is 2.13. The fraction of sp³-hybridized carbons (Fsp3) is 0.909. The molecule has 1 unspecified atom stereocenters. The summed E-state index contributed by atoms with van der Waals surface area (Å²) in [6.45, 7) is 8.44. The van der Waals surface area contributed by atoms with Gasteiger partial charge in [0.2, 0.25) is 5.91 Å². The molecule has 0 aliphatic heterocycles. The van der Waals surface area contributed by atoms with Crippen LogP contribution in [0.1, 0.15) is 40.5 Å². The van der Waals surface area contributed by atoms with Crippen molar-refractivity contribution >= 4 is 17.7 Å². The van der Waals surface area contributed by atoms with E-state index < -0.39 is 0 Å². The first-order valence-corrected chi connectivity index (χ1v) is 6.61. The molecule has 1 amide bonds. The van der Waals surface area contributed by atoms with Gasteiger partial charge >= 0.3 is 0 Å². The fourth-order valence-electron chi connectivity index (χ4n) is 0.966. The molecule has 0 heterocycles. The van der Waals surface area contributed by atoms with Gasteiger partial charge in [-0.2, -0.15) is 0 Å². The van der Waals surface area contributed by atoms with Gasteiger partial charge in [-0.15, -0.1) is 11.8 Å². The highest BCUT2D eigenvalue weighted by Gasteiger charge is 2.21. The molecule has 0 aromatic carbocycles. The van der Waals surface area contributed by atoms with Crippen molar-refractivity contribution in [1.82, 2.24) is 5.32 Å². The minimum absolute atomic E-state index is 0.0161. The average molecular weight is 232 g/mol. The third-order valence-electron chi connectivity index (χ3n) is 2.21. The van der Waals surface area contributed by atoms with E-state index in [1.165, 1.54) is 12.8 Å². The molecule has 0 rings (SSSR count). The standard InChI is InChI=1S/C11H24N2OS/c1-5-6-7-15-9(2)10(14)13-11(3,4)8-12/h9H,5-8,12H2,1-4H3,(H,13,14).